The van der Waals surface area contributed by atoms with Crippen molar-refractivity contribution in [3.63, 3.8) is 0 Å². The van der Waals surface area contributed by atoms with Crippen molar-refractivity contribution in [1.82, 2.24) is 0 Å². The SMILES string of the molecule is COC(=O)C(C(=O)OC)C(c1ccccc1OC)[Si](C)(C)c1ccccc1. The third-order valence-corrected chi connectivity index (χ3v) is 9.03. The van der Waals surface area contributed by atoms with Crippen LogP contribution < -0.4 is 9.92 Å². The fourth-order valence-corrected chi connectivity index (χ4v) is 7.11. The Kier molecular flexibility index (Phi) is 6.79. The molecule has 144 valence electrons. The van der Waals surface area contributed by atoms with E-state index >= 15 is 0 Å². The Morgan fingerprint density at radius 2 is 1.33 bits per heavy atom. The summed E-state index contributed by atoms with van der Waals surface area (Å²) in [6, 6.07) is 17.4. The molecule has 0 saturated carbocycles. The summed E-state index contributed by atoms with van der Waals surface area (Å²) >= 11 is 0. The summed E-state index contributed by atoms with van der Waals surface area (Å²) in [5, 5.41) is 1.12. The molecule has 0 aliphatic rings. The lowest BCUT2D eigenvalue weighted by Crippen LogP contribution is -2.53. The molecule has 0 aliphatic carbocycles. The Morgan fingerprint density at radius 3 is 1.85 bits per heavy atom. The van der Waals surface area contributed by atoms with Gasteiger partial charge in [-0.2, -0.15) is 0 Å². The lowest BCUT2D eigenvalue weighted by Gasteiger charge is -2.37. The zero-order chi connectivity index (χ0) is 20.0. The summed E-state index contributed by atoms with van der Waals surface area (Å²) in [5.74, 6) is -1.64. The van der Waals surface area contributed by atoms with Crippen molar-refractivity contribution in [3.05, 3.63) is 60.2 Å². The van der Waals surface area contributed by atoms with E-state index in [0.29, 0.717) is 5.75 Å². The fourth-order valence-electron chi connectivity index (χ4n) is 3.58. The number of methoxy groups -OCH3 is 3. The molecule has 2 rings (SSSR count). The molecule has 0 aromatic heterocycles. The van der Waals surface area contributed by atoms with Gasteiger partial charge >= 0.3 is 11.9 Å². The normalized spacial score (nSPS) is 12.4. The first-order chi connectivity index (χ1) is 12.9. The third kappa shape index (κ3) is 4.22. The van der Waals surface area contributed by atoms with E-state index in [1.54, 1.807) is 7.11 Å². The zero-order valence-corrected chi connectivity index (χ0v) is 17.4. The number of carbonyl (C=O) groups excluding carboxylic acids is 2. The Labute approximate surface area is 161 Å². The minimum atomic E-state index is -2.40. The van der Waals surface area contributed by atoms with Gasteiger partial charge in [0, 0.05) is 5.54 Å². The number of hydrogen-bond donors (Lipinski definition) is 0. The van der Waals surface area contributed by atoms with Crippen LogP contribution in [0.1, 0.15) is 11.1 Å². The minimum Gasteiger partial charge on any atom is -0.496 e. The molecular weight excluding hydrogens is 360 g/mol. The van der Waals surface area contributed by atoms with Crippen molar-refractivity contribution < 1.29 is 23.8 Å². The molecule has 0 fully saturated rings. The van der Waals surface area contributed by atoms with Gasteiger partial charge in [-0.3, -0.25) is 9.59 Å². The fraction of sp³-hybridized carbons (Fsp3) is 0.333. The molecule has 0 spiro atoms. The summed E-state index contributed by atoms with van der Waals surface area (Å²) in [6.45, 7) is 4.27. The second-order valence-corrected chi connectivity index (χ2v) is 11.5. The van der Waals surface area contributed by atoms with Crippen LogP contribution >= 0.6 is 0 Å². The second-order valence-electron chi connectivity index (χ2n) is 6.83. The molecule has 1 unspecified atom stereocenters. The predicted octanol–water partition coefficient (Wildman–Crippen LogP) is 2.90. The largest absolute Gasteiger partial charge is 0.496 e. The molecule has 27 heavy (non-hydrogen) atoms. The van der Waals surface area contributed by atoms with Crippen molar-refractivity contribution in [1.29, 1.82) is 0 Å². The van der Waals surface area contributed by atoms with Crippen LogP contribution in [0, 0.1) is 5.92 Å². The van der Waals surface area contributed by atoms with Gasteiger partial charge in [-0.15, -0.1) is 0 Å². The number of carbonyl (C=O) groups is 2. The van der Waals surface area contributed by atoms with E-state index in [1.807, 2.05) is 54.6 Å². The highest BCUT2D eigenvalue weighted by atomic mass is 28.3. The van der Waals surface area contributed by atoms with Crippen molar-refractivity contribution in [2.45, 2.75) is 18.6 Å². The highest BCUT2D eigenvalue weighted by Gasteiger charge is 2.48. The van der Waals surface area contributed by atoms with E-state index in [1.165, 1.54) is 14.2 Å². The highest BCUT2D eigenvalue weighted by Crippen LogP contribution is 2.40. The first-order valence-electron chi connectivity index (χ1n) is 8.72. The van der Waals surface area contributed by atoms with Crippen molar-refractivity contribution >= 4 is 25.2 Å². The van der Waals surface area contributed by atoms with Crippen molar-refractivity contribution in [2.75, 3.05) is 21.3 Å². The Hall–Kier alpha value is -2.60. The van der Waals surface area contributed by atoms with Gasteiger partial charge < -0.3 is 14.2 Å². The molecule has 0 N–H and O–H groups in total. The first-order valence-corrected chi connectivity index (χ1v) is 11.8. The molecule has 1 atom stereocenters. The molecule has 0 radical (unpaired) electrons. The first kappa shape index (κ1) is 20.7. The maximum Gasteiger partial charge on any atom is 0.320 e. The maximum atomic E-state index is 12.7. The van der Waals surface area contributed by atoms with Crippen LogP contribution in [0.2, 0.25) is 13.1 Å². The van der Waals surface area contributed by atoms with E-state index in [4.69, 9.17) is 14.2 Å². The Bertz CT molecular complexity index is 772. The van der Waals surface area contributed by atoms with Gasteiger partial charge in [-0.05, 0) is 11.6 Å². The van der Waals surface area contributed by atoms with Crippen molar-refractivity contribution in [3.8, 4) is 5.75 Å². The minimum absolute atomic E-state index is 0.420. The molecule has 0 bridgehead atoms. The summed E-state index contributed by atoms with van der Waals surface area (Å²) in [7, 11) is 1.75. The number of benzene rings is 2. The monoisotopic (exact) mass is 386 g/mol. The van der Waals surface area contributed by atoms with Crippen LogP contribution in [-0.4, -0.2) is 41.3 Å². The zero-order valence-electron chi connectivity index (χ0n) is 16.4. The molecule has 0 amide bonds. The standard InChI is InChI=1S/C21H26O5Si/c1-24-17-14-10-9-13-16(17)19(18(20(22)25-2)21(23)26-3)27(4,5)15-11-7-6-8-12-15/h6-14,18-19H,1-5H3. The van der Waals surface area contributed by atoms with Gasteiger partial charge in [-0.25, -0.2) is 0 Å². The van der Waals surface area contributed by atoms with E-state index in [0.717, 1.165) is 10.8 Å². The molecule has 5 nitrogen and oxygen atoms in total. The average molecular weight is 387 g/mol. The summed E-state index contributed by atoms with van der Waals surface area (Å²) < 4.78 is 15.5. The third-order valence-electron chi connectivity index (χ3n) is 5.01. The van der Waals surface area contributed by atoms with Gasteiger partial charge in [-0.1, -0.05) is 66.8 Å². The number of ether oxygens (including phenoxy) is 3. The van der Waals surface area contributed by atoms with Crippen LogP contribution in [0.5, 0.6) is 5.75 Å². The topological polar surface area (TPSA) is 61.8 Å². The molecule has 2 aromatic rings. The van der Waals surface area contributed by atoms with Gasteiger partial charge in [0.2, 0.25) is 0 Å². The number of hydrogen-bond acceptors (Lipinski definition) is 5. The summed E-state index contributed by atoms with van der Waals surface area (Å²) in [5.41, 5.74) is 0.386. The molecule has 6 heteroatoms. The van der Waals surface area contributed by atoms with Crippen LogP contribution in [0.25, 0.3) is 0 Å². The van der Waals surface area contributed by atoms with Gasteiger partial charge in [0.1, 0.15) is 5.75 Å². The van der Waals surface area contributed by atoms with Crippen molar-refractivity contribution in [2.24, 2.45) is 5.92 Å². The Balaban J connectivity index is 2.75. The summed E-state index contributed by atoms with van der Waals surface area (Å²) in [6.07, 6.45) is 0. The smallest absolute Gasteiger partial charge is 0.320 e. The molecule has 0 heterocycles. The van der Waals surface area contributed by atoms with E-state index in [-0.39, 0.29) is 0 Å². The number of rotatable bonds is 7. The lowest BCUT2D eigenvalue weighted by molar-refractivity contribution is -0.159. The van der Waals surface area contributed by atoms with E-state index in [2.05, 4.69) is 13.1 Å². The predicted molar refractivity (Wildman–Crippen MR) is 107 cm³/mol. The maximum absolute atomic E-state index is 12.7. The van der Waals surface area contributed by atoms with Crippen LogP contribution in [-0.2, 0) is 19.1 Å². The highest BCUT2D eigenvalue weighted by molar-refractivity contribution is 6.91. The summed E-state index contributed by atoms with van der Waals surface area (Å²) in [4.78, 5) is 25.3. The molecule has 0 aliphatic heterocycles. The van der Waals surface area contributed by atoms with Gasteiger partial charge in [0.15, 0.2) is 5.92 Å². The number of para-hydroxylation sites is 1. The second kappa shape index (κ2) is 8.86. The number of esters is 2. The molecular formula is C21H26O5Si. The van der Waals surface area contributed by atoms with Crippen LogP contribution in [0.15, 0.2) is 54.6 Å². The van der Waals surface area contributed by atoms with E-state index < -0.39 is 31.5 Å². The van der Waals surface area contributed by atoms with Gasteiger partial charge in [0.25, 0.3) is 0 Å². The molecule has 2 aromatic carbocycles. The quantitative estimate of drug-likeness (QED) is 0.416. The van der Waals surface area contributed by atoms with Gasteiger partial charge in [0.05, 0.1) is 29.4 Å². The average Bonchev–Trinajstić information content (AvgIpc) is 2.71. The van der Waals surface area contributed by atoms with Crippen LogP contribution in [0.4, 0.5) is 0 Å². The molecule has 0 saturated heterocycles. The van der Waals surface area contributed by atoms with E-state index in [9.17, 15) is 9.59 Å². The Morgan fingerprint density at radius 1 is 0.815 bits per heavy atom. The van der Waals surface area contributed by atoms with Crippen LogP contribution in [0.3, 0.4) is 0 Å². The lowest BCUT2D eigenvalue weighted by atomic mass is 9.97.